The van der Waals surface area contributed by atoms with E-state index in [1.54, 1.807) is 4.90 Å². The molecule has 1 saturated heterocycles. The van der Waals surface area contributed by atoms with Gasteiger partial charge < -0.3 is 10.2 Å². The van der Waals surface area contributed by atoms with Gasteiger partial charge in [0.05, 0.1) is 0 Å². The van der Waals surface area contributed by atoms with Crippen molar-refractivity contribution in [3.05, 3.63) is 0 Å². The van der Waals surface area contributed by atoms with E-state index < -0.39 is 0 Å². The molecule has 1 aliphatic heterocycles. The second-order valence-electron chi connectivity index (χ2n) is 5.78. The first kappa shape index (κ1) is 12.4. The Kier molecular flexibility index (Phi) is 3.15. The van der Waals surface area contributed by atoms with E-state index in [1.165, 1.54) is 19.3 Å². The highest BCUT2D eigenvalue weighted by atomic mass is 16.2. The molecular weight excluding hydrogens is 216 g/mol. The highest BCUT2D eigenvalue weighted by Crippen LogP contribution is 2.41. The SMILES string of the molecule is CCC1NC(=O)C(C)N(CC2(C)CCC2)C1=O. The highest BCUT2D eigenvalue weighted by Gasteiger charge is 2.42. The van der Waals surface area contributed by atoms with Crippen LogP contribution in [-0.2, 0) is 9.59 Å². The summed E-state index contributed by atoms with van der Waals surface area (Å²) in [5.74, 6) is 0.0760. The quantitative estimate of drug-likeness (QED) is 0.805. The van der Waals surface area contributed by atoms with Gasteiger partial charge in [0.2, 0.25) is 11.8 Å². The monoisotopic (exact) mass is 238 g/mol. The summed E-state index contributed by atoms with van der Waals surface area (Å²) in [5.41, 5.74) is 0.236. The molecule has 2 unspecified atom stereocenters. The zero-order valence-electron chi connectivity index (χ0n) is 11.0. The van der Waals surface area contributed by atoms with Gasteiger partial charge in [-0.3, -0.25) is 9.59 Å². The Balaban J connectivity index is 2.11. The Hall–Kier alpha value is -1.06. The Morgan fingerprint density at radius 3 is 2.53 bits per heavy atom. The topological polar surface area (TPSA) is 49.4 Å². The molecule has 2 fully saturated rings. The van der Waals surface area contributed by atoms with Crippen molar-refractivity contribution in [2.45, 2.75) is 58.5 Å². The number of hydrogen-bond donors (Lipinski definition) is 1. The van der Waals surface area contributed by atoms with E-state index in [0.717, 1.165) is 6.54 Å². The van der Waals surface area contributed by atoms with Crippen molar-refractivity contribution < 1.29 is 9.59 Å². The van der Waals surface area contributed by atoms with Gasteiger partial charge in [-0.05, 0) is 31.6 Å². The summed E-state index contributed by atoms with van der Waals surface area (Å²) < 4.78 is 0. The fourth-order valence-electron chi connectivity index (χ4n) is 2.73. The highest BCUT2D eigenvalue weighted by molar-refractivity contribution is 5.96. The van der Waals surface area contributed by atoms with Crippen LogP contribution in [0.1, 0.15) is 46.5 Å². The lowest BCUT2D eigenvalue weighted by atomic mass is 9.70. The molecule has 1 heterocycles. The van der Waals surface area contributed by atoms with Crippen LogP contribution in [0.3, 0.4) is 0 Å². The van der Waals surface area contributed by atoms with Crippen LogP contribution < -0.4 is 5.32 Å². The van der Waals surface area contributed by atoms with Crippen molar-refractivity contribution in [1.29, 1.82) is 0 Å². The van der Waals surface area contributed by atoms with Crippen LogP contribution in [0.4, 0.5) is 0 Å². The summed E-state index contributed by atoms with van der Waals surface area (Å²) in [7, 11) is 0. The smallest absolute Gasteiger partial charge is 0.245 e. The predicted octanol–water partition coefficient (Wildman–Crippen LogP) is 1.30. The molecule has 0 bridgehead atoms. The van der Waals surface area contributed by atoms with Crippen LogP contribution in [0, 0.1) is 5.41 Å². The van der Waals surface area contributed by atoms with Crippen molar-refractivity contribution in [1.82, 2.24) is 10.2 Å². The first-order valence-corrected chi connectivity index (χ1v) is 6.58. The van der Waals surface area contributed by atoms with E-state index >= 15 is 0 Å². The van der Waals surface area contributed by atoms with E-state index in [-0.39, 0.29) is 29.3 Å². The van der Waals surface area contributed by atoms with Gasteiger partial charge in [0.25, 0.3) is 0 Å². The molecule has 0 aromatic rings. The molecule has 1 aliphatic carbocycles. The van der Waals surface area contributed by atoms with Crippen molar-refractivity contribution >= 4 is 11.8 Å². The van der Waals surface area contributed by atoms with Gasteiger partial charge in [-0.1, -0.05) is 20.3 Å². The molecule has 4 heteroatoms. The standard InChI is InChI=1S/C13H22N2O2/c1-4-10-12(17)15(9(2)11(16)14-10)8-13(3)6-5-7-13/h9-10H,4-8H2,1-3H3,(H,14,16). The lowest BCUT2D eigenvalue weighted by Crippen LogP contribution is -2.64. The average Bonchev–Trinajstić information content (AvgIpc) is 2.27. The van der Waals surface area contributed by atoms with E-state index in [1.807, 2.05) is 13.8 Å². The Labute approximate surface area is 103 Å². The van der Waals surface area contributed by atoms with Crippen LogP contribution in [0.2, 0.25) is 0 Å². The van der Waals surface area contributed by atoms with Gasteiger partial charge in [0.15, 0.2) is 0 Å². The lowest BCUT2D eigenvalue weighted by Gasteiger charge is -2.46. The Morgan fingerprint density at radius 2 is 2.06 bits per heavy atom. The fourth-order valence-corrected chi connectivity index (χ4v) is 2.73. The average molecular weight is 238 g/mol. The van der Waals surface area contributed by atoms with Crippen LogP contribution in [0.25, 0.3) is 0 Å². The number of carbonyl (C=O) groups excluding carboxylic acids is 2. The van der Waals surface area contributed by atoms with Crippen molar-refractivity contribution in [3.8, 4) is 0 Å². The molecule has 4 nitrogen and oxygen atoms in total. The maximum absolute atomic E-state index is 12.2. The van der Waals surface area contributed by atoms with Gasteiger partial charge in [-0.2, -0.15) is 0 Å². The fraction of sp³-hybridized carbons (Fsp3) is 0.846. The number of piperazine rings is 1. The minimum Gasteiger partial charge on any atom is -0.343 e. The van der Waals surface area contributed by atoms with Crippen molar-refractivity contribution in [3.63, 3.8) is 0 Å². The van der Waals surface area contributed by atoms with Crippen LogP contribution in [-0.4, -0.2) is 35.3 Å². The summed E-state index contributed by atoms with van der Waals surface area (Å²) in [5, 5.41) is 2.79. The number of nitrogens with zero attached hydrogens (tertiary/aromatic N) is 1. The van der Waals surface area contributed by atoms with Gasteiger partial charge in [0.1, 0.15) is 12.1 Å². The molecule has 2 aliphatic rings. The first-order valence-electron chi connectivity index (χ1n) is 6.58. The molecule has 1 saturated carbocycles. The second-order valence-corrected chi connectivity index (χ2v) is 5.78. The third kappa shape index (κ3) is 2.17. The van der Waals surface area contributed by atoms with E-state index in [2.05, 4.69) is 12.2 Å². The lowest BCUT2D eigenvalue weighted by molar-refractivity contribution is -0.151. The maximum atomic E-state index is 12.2. The molecule has 0 aromatic heterocycles. The number of carbonyl (C=O) groups is 2. The number of rotatable bonds is 3. The molecule has 2 rings (SSSR count). The Bertz CT molecular complexity index is 336. The normalized spacial score (nSPS) is 32.1. The van der Waals surface area contributed by atoms with E-state index in [9.17, 15) is 9.59 Å². The minimum absolute atomic E-state index is 0.0145. The molecule has 17 heavy (non-hydrogen) atoms. The molecule has 0 radical (unpaired) electrons. The third-order valence-corrected chi connectivity index (χ3v) is 4.27. The largest absolute Gasteiger partial charge is 0.343 e. The molecule has 0 spiro atoms. The second kappa shape index (κ2) is 4.31. The molecule has 2 atom stereocenters. The maximum Gasteiger partial charge on any atom is 0.245 e. The zero-order chi connectivity index (χ0) is 12.6. The predicted molar refractivity (Wildman–Crippen MR) is 65.4 cm³/mol. The van der Waals surface area contributed by atoms with Gasteiger partial charge in [-0.25, -0.2) is 0 Å². The van der Waals surface area contributed by atoms with E-state index in [0.29, 0.717) is 6.42 Å². The van der Waals surface area contributed by atoms with Crippen LogP contribution >= 0.6 is 0 Å². The number of nitrogens with one attached hydrogen (secondary N) is 1. The Morgan fingerprint density at radius 1 is 1.41 bits per heavy atom. The van der Waals surface area contributed by atoms with Crippen molar-refractivity contribution in [2.75, 3.05) is 6.54 Å². The summed E-state index contributed by atoms with van der Waals surface area (Å²) in [6.07, 6.45) is 4.25. The molecular formula is C13H22N2O2. The third-order valence-electron chi connectivity index (χ3n) is 4.27. The summed E-state index contributed by atoms with van der Waals surface area (Å²) in [6, 6.07) is -0.634. The van der Waals surface area contributed by atoms with Crippen molar-refractivity contribution in [2.24, 2.45) is 5.41 Å². The minimum atomic E-state index is -0.317. The summed E-state index contributed by atoms with van der Waals surface area (Å²) in [6.45, 7) is 6.70. The van der Waals surface area contributed by atoms with Gasteiger partial charge in [0, 0.05) is 6.54 Å². The van der Waals surface area contributed by atoms with Gasteiger partial charge in [-0.15, -0.1) is 0 Å². The van der Waals surface area contributed by atoms with Crippen LogP contribution in [0.15, 0.2) is 0 Å². The first-order chi connectivity index (χ1) is 7.97. The molecule has 1 N–H and O–H groups in total. The summed E-state index contributed by atoms with van der Waals surface area (Å²) >= 11 is 0. The van der Waals surface area contributed by atoms with Crippen LogP contribution in [0.5, 0.6) is 0 Å². The molecule has 2 amide bonds. The zero-order valence-corrected chi connectivity index (χ0v) is 11.0. The van der Waals surface area contributed by atoms with E-state index in [4.69, 9.17) is 0 Å². The molecule has 0 aromatic carbocycles. The van der Waals surface area contributed by atoms with Gasteiger partial charge >= 0.3 is 0 Å². The number of hydrogen-bond acceptors (Lipinski definition) is 2. The number of amides is 2. The summed E-state index contributed by atoms with van der Waals surface area (Å²) in [4.78, 5) is 25.8. The molecule has 96 valence electrons.